The molecule has 2 heterocycles. The molecule has 0 aromatic carbocycles. The summed E-state index contributed by atoms with van der Waals surface area (Å²) >= 11 is 3.22. The molecule has 14 heavy (non-hydrogen) atoms. The zero-order chi connectivity index (χ0) is 10.1. The Morgan fingerprint density at radius 3 is 2.64 bits per heavy atom. The Balaban J connectivity index is 2.32. The van der Waals surface area contributed by atoms with Gasteiger partial charge in [0.1, 0.15) is 16.1 Å². The summed E-state index contributed by atoms with van der Waals surface area (Å²) in [7, 11) is 0. The molecule has 0 bridgehead atoms. The van der Waals surface area contributed by atoms with Crippen LogP contribution in [-0.2, 0) is 0 Å². The number of rotatable bonds is 2. The number of aromatic nitrogens is 2. The zero-order valence-corrected chi connectivity index (χ0v) is 9.65. The van der Waals surface area contributed by atoms with Crippen LogP contribution in [0.2, 0.25) is 0 Å². The molecule has 74 valence electrons. The van der Waals surface area contributed by atoms with Gasteiger partial charge >= 0.3 is 0 Å². The lowest BCUT2D eigenvalue weighted by molar-refractivity contribution is 0.840. The lowest BCUT2D eigenvalue weighted by Crippen LogP contribution is -2.10. The third kappa shape index (κ3) is 1.70. The molecule has 0 saturated carbocycles. The van der Waals surface area contributed by atoms with Crippen molar-refractivity contribution in [3.63, 3.8) is 0 Å². The van der Waals surface area contributed by atoms with E-state index in [1.165, 1.54) is 4.88 Å². The van der Waals surface area contributed by atoms with Crippen LogP contribution >= 0.6 is 22.7 Å². The summed E-state index contributed by atoms with van der Waals surface area (Å²) in [6.45, 7) is 4.06. The number of hydrogen-bond acceptors (Lipinski definition) is 5. The highest BCUT2D eigenvalue weighted by Gasteiger charge is 2.16. The van der Waals surface area contributed by atoms with Crippen LogP contribution < -0.4 is 5.73 Å². The molecule has 0 radical (unpaired) electrons. The molecular formula is C9H11N3S2. The second-order valence-electron chi connectivity index (χ2n) is 3.04. The molecule has 0 spiro atoms. The van der Waals surface area contributed by atoms with Crippen LogP contribution in [0.1, 0.15) is 26.6 Å². The van der Waals surface area contributed by atoms with Gasteiger partial charge in [0.2, 0.25) is 0 Å². The van der Waals surface area contributed by atoms with Crippen LogP contribution in [0, 0.1) is 13.8 Å². The van der Waals surface area contributed by atoms with E-state index in [9.17, 15) is 0 Å². The number of hydrogen-bond donors (Lipinski definition) is 1. The largest absolute Gasteiger partial charge is 0.316 e. The molecular weight excluding hydrogens is 214 g/mol. The van der Waals surface area contributed by atoms with Crippen LogP contribution in [0.4, 0.5) is 0 Å². The molecule has 0 aliphatic rings. The minimum atomic E-state index is -0.160. The average molecular weight is 225 g/mol. The Morgan fingerprint density at radius 2 is 2.14 bits per heavy atom. The van der Waals surface area contributed by atoms with Gasteiger partial charge in [-0.05, 0) is 13.8 Å². The summed E-state index contributed by atoms with van der Waals surface area (Å²) in [4.78, 5) is 9.85. The first-order valence-corrected chi connectivity index (χ1v) is 5.97. The summed E-state index contributed by atoms with van der Waals surface area (Å²) < 4.78 is 0. The number of aryl methyl sites for hydroxylation is 2. The zero-order valence-electron chi connectivity index (χ0n) is 8.02. The monoisotopic (exact) mass is 225 g/mol. The van der Waals surface area contributed by atoms with E-state index in [0.717, 1.165) is 15.7 Å². The van der Waals surface area contributed by atoms with E-state index in [0.29, 0.717) is 0 Å². The summed E-state index contributed by atoms with van der Waals surface area (Å²) in [5.74, 6) is 0. The van der Waals surface area contributed by atoms with Gasteiger partial charge in [0.25, 0.3) is 0 Å². The maximum absolute atomic E-state index is 6.04. The predicted molar refractivity (Wildman–Crippen MR) is 59.7 cm³/mol. The van der Waals surface area contributed by atoms with Crippen LogP contribution in [0.15, 0.2) is 11.6 Å². The molecule has 3 nitrogen and oxygen atoms in total. The highest BCUT2D eigenvalue weighted by Crippen LogP contribution is 2.26. The minimum absolute atomic E-state index is 0.160. The van der Waals surface area contributed by atoms with E-state index in [4.69, 9.17) is 5.73 Å². The van der Waals surface area contributed by atoms with Crippen LogP contribution in [0.3, 0.4) is 0 Å². The Kier molecular flexibility index (Phi) is 2.62. The maximum atomic E-state index is 6.04. The van der Waals surface area contributed by atoms with Crippen molar-refractivity contribution in [2.75, 3.05) is 0 Å². The fourth-order valence-corrected chi connectivity index (χ4v) is 2.77. The van der Waals surface area contributed by atoms with Gasteiger partial charge in [-0.2, -0.15) is 0 Å². The number of nitrogens with two attached hydrogens (primary N) is 1. The van der Waals surface area contributed by atoms with Gasteiger partial charge < -0.3 is 5.73 Å². The van der Waals surface area contributed by atoms with Crippen LogP contribution in [0.25, 0.3) is 0 Å². The molecule has 5 heteroatoms. The smallest absolute Gasteiger partial charge is 0.117 e. The topological polar surface area (TPSA) is 51.8 Å². The van der Waals surface area contributed by atoms with Gasteiger partial charge in [0.05, 0.1) is 5.69 Å². The molecule has 1 atom stereocenters. The third-order valence-corrected chi connectivity index (χ3v) is 4.04. The highest BCUT2D eigenvalue weighted by molar-refractivity contribution is 7.12. The molecule has 0 saturated heterocycles. The van der Waals surface area contributed by atoms with Crippen molar-refractivity contribution in [3.8, 4) is 0 Å². The van der Waals surface area contributed by atoms with Crippen molar-refractivity contribution in [3.05, 3.63) is 32.2 Å². The predicted octanol–water partition coefficient (Wildman–Crippen LogP) is 2.26. The molecule has 0 aliphatic carbocycles. The Morgan fingerprint density at radius 1 is 1.36 bits per heavy atom. The molecule has 2 N–H and O–H groups in total. The number of nitrogens with zero attached hydrogens (tertiary/aromatic N) is 2. The van der Waals surface area contributed by atoms with Gasteiger partial charge in [-0.1, -0.05) is 0 Å². The lowest BCUT2D eigenvalue weighted by atomic mass is 10.3. The van der Waals surface area contributed by atoms with Crippen LogP contribution in [0.5, 0.6) is 0 Å². The molecule has 2 rings (SSSR count). The Labute approximate surface area is 90.6 Å². The van der Waals surface area contributed by atoms with Crippen molar-refractivity contribution in [1.29, 1.82) is 0 Å². The Bertz CT molecular complexity index is 400. The van der Waals surface area contributed by atoms with Crippen molar-refractivity contribution < 1.29 is 0 Å². The molecule has 0 aliphatic heterocycles. The van der Waals surface area contributed by atoms with Gasteiger partial charge in [0, 0.05) is 16.5 Å². The summed E-state index contributed by atoms with van der Waals surface area (Å²) in [5.41, 5.74) is 7.11. The standard InChI is InChI=1S/C9H11N3S2/c1-5-6(2)14-9(12-5)7(10)8-11-3-4-13-8/h3-4,7H,10H2,1-2H3. The van der Waals surface area contributed by atoms with E-state index in [2.05, 4.69) is 16.9 Å². The lowest BCUT2D eigenvalue weighted by Gasteiger charge is -2.02. The third-order valence-electron chi connectivity index (χ3n) is 2.03. The second kappa shape index (κ2) is 3.76. The van der Waals surface area contributed by atoms with E-state index in [1.807, 2.05) is 12.3 Å². The second-order valence-corrected chi connectivity index (χ2v) is 5.20. The molecule has 0 fully saturated rings. The van der Waals surface area contributed by atoms with Gasteiger partial charge in [-0.15, -0.1) is 22.7 Å². The molecule has 0 amide bonds. The normalized spacial score (nSPS) is 13.1. The fraction of sp³-hybridized carbons (Fsp3) is 0.333. The van der Waals surface area contributed by atoms with Crippen molar-refractivity contribution in [1.82, 2.24) is 9.97 Å². The minimum Gasteiger partial charge on any atom is -0.316 e. The van der Waals surface area contributed by atoms with Gasteiger partial charge in [-0.25, -0.2) is 9.97 Å². The highest BCUT2D eigenvalue weighted by atomic mass is 32.1. The van der Waals surface area contributed by atoms with Gasteiger partial charge in [0.15, 0.2) is 0 Å². The first-order valence-electron chi connectivity index (χ1n) is 4.27. The molecule has 2 aromatic rings. The van der Waals surface area contributed by atoms with Crippen molar-refractivity contribution in [2.45, 2.75) is 19.9 Å². The van der Waals surface area contributed by atoms with Crippen molar-refractivity contribution >= 4 is 22.7 Å². The SMILES string of the molecule is Cc1nc(C(N)c2nccs2)sc1C. The fourth-order valence-electron chi connectivity index (χ4n) is 1.12. The molecule has 1 unspecified atom stereocenters. The molecule has 2 aromatic heterocycles. The van der Waals surface area contributed by atoms with E-state index >= 15 is 0 Å². The van der Waals surface area contributed by atoms with Gasteiger partial charge in [-0.3, -0.25) is 0 Å². The van der Waals surface area contributed by atoms with Crippen molar-refractivity contribution in [2.24, 2.45) is 5.73 Å². The first-order chi connectivity index (χ1) is 6.68. The first kappa shape index (κ1) is 9.76. The van der Waals surface area contributed by atoms with Crippen LogP contribution in [-0.4, -0.2) is 9.97 Å². The average Bonchev–Trinajstić information content (AvgIpc) is 2.76. The summed E-state index contributed by atoms with van der Waals surface area (Å²) in [6, 6.07) is -0.160. The van der Waals surface area contributed by atoms with E-state index in [1.54, 1.807) is 28.9 Å². The summed E-state index contributed by atoms with van der Waals surface area (Å²) in [6.07, 6.45) is 1.77. The Hall–Kier alpha value is -0.780. The van der Waals surface area contributed by atoms with E-state index < -0.39 is 0 Å². The number of thiazole rings is 2. The van der Waals surface area contributed by atoms with E-state index in [-0.39, 0.29) is 6.04 Å². The quantitative estimate of drug-likeness (QED) is 0.853. The summed E-state index contributed by atoms with van der Waals surface area (Å²) in [5, 5.41) is 3.82. The maximum Gasteiger partial charge on any atom is 0.117 e.